The Balaban J connectivity index is 2.35. The number of hydrogen-bond acceptors (Lipinski definition) is 18. The molecule has 0 aliphatic rings. The van der Waals surface area contributed by atoms with E-state index in [9.17, 15) is 38.4 Å². The van der Waals surface area contributed by atoms with E-state index in [1.165, 1.54) is 0 Å². The summed E-state index contributed by atoms with van der Waals surface area (Å²) in [6, 6.07) is 6.40. The number of ether oxygens (including phenoxy) is 10. The van der Waals surface area contributed by atoms with Crippen LogP contribution in [0.2, 0.25) is 0 Å². The van der Waals surface area contributed by atoms with E-state index < -0.39 is 99.5 Å². The second kappa shape index (κ2) is 17.1. The Labute approximate surface area is 294 Å². The predicted molar refractivity (Wildman–Crippen MR) is 170 cm³/mol. The molecule has 0 aromatic heterocycles. The van der Waals surface area contributed by atoms with Crippen molar-refractivity contribution in [2.24, 2.45) is 0 Å². The third kappa shape index (κ3) is 11.6. The lowest BCUT2D eigenvalue weighted by Gasteiger charge is -2.19. The summed E-state index contributed by atoms with van der Waals surface area (Å²) in [6.45, 7) is 8.36. The van der Waals surface area contributed by atoms with Crippen molar-refractivity contribution in [3.63, 3.8) is 0 Å². The fourth-order valence-electron chi connectivity index (χ4n) is 4.06. The normalized spacial score (nSPS) is 10.2. The molecule has 0 amide bonds. The molecule has 0 unspecified atom stereocenters. The minimum absolute atomic E-state index is 0.202. The van der Waals surface area contributed by atoms with E-state index in [2.05, 4.69) is 0 Å². The van der Waals surface area contributed by atoms with E-state index >= 15 is 0 Å². The molecule has 0 spiro atoms. The van der Waals surface area contributed by atoms with Crippen molar-refractivity contribution < 1.29 is 85.7 Å². The zero-order chi connectivity index (χ0) is 38.9. The maximum absolute atomic E-state index is 12.2. The second-order valence-electron chi connectivity index (χ2n) is 10.2. The first-order valence-corrected chi connectivity index (χ1v) is 14.7. The molecule has 0 saturated carbocycles. The Hall–Kier alpha value is -6.98. The van der Waals surface area contributed by atoms with Crippen molar-refractivity contribution in [1.82, 2.24) is 0 Å². The first-order chi connectivity index (χ1) is 24.3. The minimum Gasteiger partial charge on any atom is -0.453 e. The zero-order valence-electron chi connectivity index (χ0n) is 28.8. The summed E-state index contributed by atoms with van der Waals surface area (Å²) in [4.78, 5) is 95.8. The summed E-state index contributed by atoms with van der Waals surface area (Å²) >= 11 is 0. The highest BCUT2D eigenvalue weighted by atomic mass is 16.6. The number of benzene rings is 3. The van der Waals surface area contributed by atoms with Crippen LogP contribution in [-0.2, 0) is 38.4 Å². The number of carbonyl (C=O) groups excluding carboxylic acids is 8. The summed E-state index contributed by atoms with van der Waals surface area (Å²) in [5.74, 6) is -11.7. The molecule has 3 aromatic carbocycles. The van der Waals surface area contributed by atoms with Crippen LogP contribution in [0.5, 0.6) is 69.0 Å². The number of carbonyl (C=O) groups is 8. The van der Waals surface area contributed by atoms with E-state index in [4.69, 9.17) is 47.4 Å². The Bertz CT molecular complexity index is 1900. The van der Waals surface area contributed by atoms with Gasteiger partial charge in [0.1, 0.15) is 17.2 Å². The molecule has 0 heterocycles. The van der Waals surface area contributed by atoms with Crippen LogP contribution in [0.15, 0.2) is 36.4 Å². The smallest absolute Gasteiger partial charge is 0.308 e. The summed E-state index contributed by atoms with van der Waals surface area (Å²) in [5.41, 5.74) is 0. The van der Waals surface area contributed by atoms with Gasteiger partial charge in [-0.2, -0.15) is 0 Å². The van der Waals surface area contributed by atoms with E-state index in [1.807, 2.05) is 0 Å². The van der Waals surface area contributed by atoms with E-state index in [0.29, 0.717) is 0 Å². The topological polar surface area (TPSA) is 229 Å². The second-order valence-corrected chi connectivity index (χ2v) is 10.2. The third-order valence-electron chi connectivity index (χ3n) is 5.45. The van der Waals surface area contributed by atoms with Gasteiger partial charge in [0.15, 0.2) is 34.5 Å². The van der Waals surface area contributed by atoms with Crippen LogP contribution in [0, 0.1) is 0 Å². The summed E-state index contributed by atoms with van der Waals surface area (Å²) in [5, 5.41) is 0. The fourth-order valence-corrected chi connectivity index (χ4v) is 4.06. The molecular formula is C34H30O18. The Morgan fingerprint density at radius 3 is 0.865 bits per heavy atom. The van der Waals surface area contributed by atoms with Crippen LogP contribution in [0.25, 0.3) is 0 Å². The van der Waals surface area contributed by atoms with E-state index in [-0.39, 0.29) is 17.2 Å². The maximum Gasteiger partial charge on any atom is 0.308 e. The van der Waals surface area contributed by atoms with E-state index in [0.717, 1.165) is 91.8 Å². The monoisotopic (exact) mass is 726 g/mol. The van der Waals surface area contributed by atoms with Gasteiger partial charge in [-0.3, -0.25) is 38.4 Å². The lowest BCUT2D eigenvalue weighted by molar-refractivity contribution is -0.135. The van der Waals surface area contributed by atoms with Crippen LogP contribution in [0.1, 0.15) is 55.4 Å². The van der Waals surface area contributed by atoms with E-state index in [1.54, 1.807) is 0 Å². The van der Waals surface area contributed by atoms with Gasteiger partial charge in [0.25, 0.3) is 0 Å². The van der Waals surface area contributed by atoms with Crippen molar-refractivity contribution in [3.05, 3.63) is 36.4 Å². The molecular weight excluding hydrogens is 696 g/mol. The number of hydrogen-bond donors (Lipinski definition) is 0. The SMILES string of the molecule is CC(=O)Oc1cc(OC(C)=O)c(Oc2cc(OC(C)=O)c(OC(C)=O)c(Oc3cc(OC(C)=O)c(OC(C)=O)c(OC(C)=O)c3)c2)c(OC(C)=O)c1. The van der Waals surface area contributed by atoms with Gasteiger partial charge < -0.3 is 47.4 Å². The van der Waals surface area contributed by atoms with Gasteiger partial charge in [-0.05, 0) is 0 Å². The molecule has 0 saturated heterocycles. The number of esters is 8. The van der Waals surface area contributed by atoms with Crippen LogP contribution in [0.3, 0.4) is 0 Å². The first-order valence-electron chi connectivity index (χ1n) is 14.7. The molecule has 0 N–H and O–H groups in total. The van der Waals surface area contributed by atoms with Crippen molar-refractivity contribution >= 4 is 47.8 Å². The van der Waals surface area contributed by atoms with Gasteiger partial charge in [0.05, 0.1) is 0 Å². The Morgan fingerprint density at radius 2 is 0.538 bits per heavy atom. The van der Waals surface area contributed by atoms with Gasteiger partial charge in [-0.25, -0.2) is 0 Å². The molecule has 0 aliphatic carbocycles. The molecule has 52 heavy (non-hydrogen) atoms. The molecule has 0 bridgehead atoms. The molecule has 18 heteroatoms. The minimum atomic E-state index is -0.909. The molecule has 274 valence electrons. The van der Waals surface area contributed by atoms with Crippen molar-refractivity contribution in [2.45, 2.75) is 55.4 Å². The number of rotatable bonds is 12. The highest BCUT2D eigenvalue weighted by molar-refractivity contribution is 5.80. The van der Waals surface area contributed by atoms with Crippen molar-refractivity contribution in [3.8, 4) is 69.0 Å². The summed E-state index contributed by atoms with van der Waals surface area (Å²) < 4.78 is 53.5. The molecule has 0 radical (unpaired) electrons. The highest BCUT2D eigenvalue weighted by Crippen LogP contribution is 2.50. The van der Waals surface area contributed by atoms with Crippen LogP contribution >= 0.6 is 0 Å². The lowest BCUT2D eigenvalue weighted by atomic mass is 10.2. The summed E-state index contributed by atoms with van der Waals surface area (Å²) in [7, 11) is 0. The van der Waals surface area contributed by atoms with Gasteiger partial charge in [0, 0.05) is 91.8 Å². The predicted octanol–water partition coefficient (Wildman–Crippen LogP) is 4.67. The Kier molecular flexibility index (Phi) is 13.0. The molecule has 0 aliphatic heterocycles. The molecule has 0 fully saturated rings. The maximum atomic E-state index is 12.2. The van der Waals surface area contributed by atoms with Crippen molar-refractivity contribution in [1.29, 1.82) is 0 Å². The van der Waals surface area contributed by atoms with Gasteiger partial charge in [0.2, 0.25) is 17.2 Å². The fraction of sp³-hybridized carbons (Fsp3) is 0.235. The average Bonchev–Trinajstić information content (AvgIpc) is 2.96. The zero-order valence-corrected chi connectivity index (χ0v) is 28.8. The molecule has 18 nitrogen and oxygen atoms in total. The lowest BCUT2D eigenvalue weighted by Crippen LogP contribution is -2.11. The largest absolute Gasteiger partial charge is 0.453 e. The van der Waals surface area contributed by atoms with Crippen LogP contribution < -0.4 is 47.4 Å². The van der Waals surface area contributed by atoms with Crippen molar-refractivity contribution in [2.75, 3.05) is 0 Å². The third-order valence-corrected chi connectivity index (χ3v) is 5.45. The summed E-state index contributed by atoms with van der Waals surface area (Å²) in [6.07, 6.45) is 0. The molecule has 0 atom stereocenters. The standard InChI is InChI=1S/C34H30O18/c1-15(35)43-23-9-29(47-19(5)39)34(30(10-23)48-20(6)40)52-25-13-28(46-18(4)38)33(50-22(8)42)31(14-25)51-24-11-26(44-16(2)36)32(49-21(7)41)27(12-24)45-17(3)37/h9-14H,1-8H3. The quantitative estimate of drug-likeness (QED) is 0.182. The first kappa shape index (κ1) is 39.5. The highest BCUT2D eigenvalue weighted by Gasteiger charge is 2.27. The van der Waals surface area contributed by atoms with Gasteiger partial charge in [-0.1, -0.05) is 0 Å². The average molecular weight is 727 g/mol. The van der Waals surface area contributed by atoms with Gasteiger partial charge in [-0.15, -0.1) is 0 Å². The van der Waals surface area contributed by atoms with Crippen LogP contribution in [0.4, 0.5) is 0 Å². The van der Waals surface area contributed by atoms with Gasteiger partial charge >= 0.3 is 47.8 Å². The van der Waals surface area contributed by atoms with Crippen LogP contribution in [-0.4, -0.2) is 47.8 Å². The molecule has 3 aromatic rings. The molecule has 3 rings (SSSR count). The Morgan fingerprint density at radius 1 is 0.288 bits per heavy atom.